The molecule has 0 saturated carbocycles. The van der Waals surface area contributed by atoms with Crippen LogP contribution in [0.3, 0.4) is 0 Å². The fourth-order valence-electron chi connectivity index (χ4n) is 0.250. The van der Waals surface area contributed by atoms with Gasteiger partial charge in [0.2, 0.25) is 0 Å². The van der Waals surface area contributed by atoms with Gasteiger partial charge in [-0.05, 0) is 0 Å². The Morgan fingerprint density at radius 1 is 1.12 bits per heavy atom. The Balaban J connectivity index is 0. The molecule has 0 aliphatic heterocycles. The molecule has 0 rings (SSSR count). The van der Waals surface area contributed by atoms with Crippen molar-refractivity contribution in [3.8, 4) is 0 Å². The molecule has 0 unspecified atom stereocenters. The zero-order valence-electron chi connectivity index (χ0n) is 5.22. The molecule has 5 heteroatoms. The molecule has 0 saturated heterocycles. The smallest absolute Gasteiger partial charge is 0.380 e. The molecule has 0 fully saturated rings. The van der Waals surface area contributed by atoms with Gasteiger partial charge >= 0.3 is 8.32 Å². The highest BCUT2D eigenvalue weighted by Crippen LogP contribution is 1.96. The summed E-state index contributed by atoms with van der Waals surface area (Å²) in [5.74, 6) is 0. The summed E-state index contributed by atoms with van der Waals surface area (Å²) < 4.78 is 14.5. The monoisotopic (exact) mass is 151 g/mol. The Kier molecular flexibility index (Phi) is 3.49. The molecule has 0 aromatic carbocycles. The van der Waals surface area contributed by atoms with Crippen LogP contribution in [-0.2, 0) is 13.3 Å². The van der Waals surface area contributed by atoms with Gasteiger partial charge in [-0.3, -0.25) is 0 Å². The number of rotatable bonds is 3. The van der Waals surface area contributed by atoms with Crippen molar-refractivity contribution in [2.45, 2.75) is 0 Å². The van der Waals surface area contributed by atoms with E-state index in [1.807, 2.05) is 0 Å². The lowest BCUT2D eigenvalue weighted by molar-refractivity contribution is 0.149. The van der Waals surface area contributed by atoms with E-state index < -0.39 is 8.32 Å². The third-order valence-corrected chi connectivity index (χ3v) is 4.26. The maximum Gasteiger partial charge on any atom is 0.459 e. The highest BCUT2D eigenvalue weighted by molar-refractivity contribution is 7.05. The Morgan fingerprint density at radius 2 is 1.38 bits per heavy atom. The van der Waals surface area contributed by atoms with Crippen LogP contribution in [0.25, 0.3) is 0 Å². The van der Waals surface area contributed by atoms with Crippen molar-refractivity contribution in [1.82, 2.24) is 0 Å². The van der Waals surface area contributed by atoms with Gasteiger partial charge in [-0.1, -0.05) is 0 Å². The third-order valence-electron chi connectivity index (χ3n) is 0.806. The Morgan fingerprint density at radius 3 is 1.38 bits per heavy atom. The molecule has 8 heavy (non-hydrogen) atoms. The van der Waals surface area contributed by atoms with Gasteiger partial charge in [-0.25, -0.2) is 0 Å². The first kappa shape index (κ1) is 8.31. The second-order valence-electron chi connectivity index (χ2n) is 1.17. The molecule has 0 aliphatic carbocycles. The van der Waals surface area contributed by atoms with E-state index in [4.69, 9.17) is 13.3 Å². The van der Waals surface area contributed by atoms with Crippen LogP contribution in [0.5, 0.6) is 0 Å². The van der Waals surface area contributed by atoms with Crippen molar-refractivity contribution in [1.29, 1.82) is 0 Å². The summed E-state index contributed by atoms with van der Waals surface area (Å²) >= 11 is 0. The van der Waals surface area contributed by atoms with E-state index in [-0.39, 0.29) is 1.43 Å². The van der Waals surface area contributed by atoms with Crippen LogP contribution in [0.4, 0.5) is 0 Å². The van der Waals surface area contributed by atoms with Crippen molar-refractivity contribution in [2.24, 2.45) is 0 Å². The van der Waals surface area contributed by atoms with Gasteiger partial charge in [0.1, 0.15) is 9.76 Å². The quantitative estimate of drug-likeness (QED) is 0.522. The minimum absolute atomic E-state index is 0. The minimum atomic E-state index is -2.37. The van der Waals surface area contributed by atoms with Gasteiger partial charge in [0, 0.05) is 22.8 Å². The van der Waals surface area contributed by atoms with Crippen LogP contribution < -0.4 is 0 Å². The Labute approximate surface area is 55.0 Å². The van der Waals surface area contributed by atoms with Crippen LogP contribution in [0, 0.1) is 0 Å². The van der Waals surface area contributed by atoms with Crippen LogP contribution >= 0.6 is 0 Å². The summed E-state index contributed by atoms with van der Waals surface area (Å²) in [4.78, 5) is 0. The summed E-state index contributed by atoms with van der Waals surface area (Å²) in [5, 5.41) is 0. The largest absolute Gasteiger partial charge is 0.459 e. The van der Waals surface area contributed by atoms with Gasteiger partial charge < -0.3 is 13.3 Å². The van der Waals surface area contributed by atoms with Crippen LogP contribution in [0.2, 0.25) is 0 Å². The Hall–Kier alpha value is 0.314. The lowest BCUT2D eigenvalue weighted by atomic mass is 11.8. The molecule has 0 bridgehead atoms. The molecule has 3 radical (unpaired) electrons. The molecule has 0 aromatic heterocycles. The molecular formula is C3H11O3Si2. The van der Waals surface area contributed by atoms with Crippen molar-refractivity contribution >= 4 is 18.1 Å². The summed E-state index contributed by atoms with van der Waals surface area (Å²) in [6, 6.07) is 0. The van der Waals surface area contributed by atoms with E-state index >= 15 is 0 Å². The predicted octanol–water partition coefficient (Wildman–Crippen LogP) is -0.224. The molecule has 0 spiro atoms. The first-order valence-electron chi connectivity index (χ1n) is 2.09. The van der Waals surface area contributed by atoms with Crippen LogP contribution in [0.1, 0.15) is 1.43 Å². The molecule has 0 heterocycles. The second kappa shape index (κ2) is 3.36. The van der Waals surface area contributed by atoms with Crippen molar-refractivity contribution in [2.75, 3.05) is 21.3 Å². The summed E-state index contributed by atoms with van der Waals surface area (Å²) in [7, 11) is 5.44. The molecule has 3 nitrogen and oxygen atoms in total. The van der Waals surface area contributed by atoms with Crippen LogP contribution in [-0.4, -0.2) is 39.4 Å². The van der Waals surface area contributed by atoms with E-state index in [9.17, 15) is 0 Å². The van der Waals surface area contributed by atoms with E-state index in [0.717, 1.165) is 0 Å². The molecular weight excluding hydrogens is 140 g/mol. The highest BCUT2D eigenvalue weighted by atomic mass is 29.2. The molecule has 0 amide bonds. The van der Waals surface area contributed by atoms with E-state index in [0.29, 0.717) is 0 Å². The zero-order valence-corrected chi connectivity index (χ0v) is 7.22. The molecule has 0 atom stereocenters. The SMILES string of the molecule is CO[Si]([Si])(OC)OC.[HH]. The van der Waals surface area contributed by atoms with E-state index in [1.165, 1.54) is 21.3 Å². The first-order chi connectivity index (χ1) is 3.68. The maximum atomic E-state index is 4.84. The number of hydrogen-bond acceptors (Lipinski definition) is 3. The fraction of sp³-hybridized carbons (Fsp3) is 1.00. The second-order valence-corrected chi connectivity index (χ2v) is 5.34. The molecule has 49 valence electrons. The van der Waals surface area contributed by atoms with Gasteiger partial charge in [0.05, 0.1) is 0 Å². The molecule has 0 N–H and O–H groups in total. The maximum absolute atomic E-state index is 4.84. The van der Waals surface area contributed by atoms with Crippen molar-refractivity contribution in [3.05, 3.63) is 0 Å². The van der Waals surface area contributed by atoms with Gasteiger partial charge in [0.25, 0.3) is 0 Å². The lowest BCUT2D eigenvalue weighted by Gasteiger charge is -2.19. The van der Waals surface area contributed by atoms with E-state index in [1.54, 1.807) is 0 Å². The minimum Gasteiger partial charge on any atom is -0.380 e. The van der Waals surface area contributed by atoms with E-state index in [2.05, 4.69) is 9.76 Å². The molecule has 0 aliphatic rings. The zero-order chi connectivity index (χ0) is 6.62. The fourth-order valence-corrected chi connectivity index (χ4v) is 0.750. The third kappa shape index (κ3) is 2.06. The van der Waals surface area contributed by atoms with Crippen LogP contribution in [0.15, 0.2) is 0 Å². The predicted molar refractivity (Wildman–Crippen MR) is 34.6 cm³/mol. The summed E-state index contributed by atoms with van der Waals surface area (Å²) in [5.41, 5.74) is 0. The van der Waals surface area contributed by atoms with Gasteiger partial charge in [-0.2, -0.15) is 0 Å². The Bertz CT molecular complexity index is 59.8. The summed E-state index contributed by atoms with van der Waals surface area (Å²) in [6.07, 6.45) is 0. The summed E-state index contributed by atoms with van der Waals surface area (Å²) in [6.45, 7) is 0. The molecule has 0 aromatic rings. The van der Waals surface area contributed by atoms with Crippen molar-refractivity contribution in [3.63, 3.8) is 0 Å². The topological polar surface area (TPSA) is 27.7 Å². The normalized spacial score (nSPS) is 12.0. The van der Waals surface area contributed by atoms with Gasteiger partial charge in [-0.15, -0.1) is 0 Å². The van der Waals surface area contributed by atoms with Gasteiger partial charge in [0.15, 0.2) is 0 Å². The number of hydrogen-bond donors (Lipinski definition) is 0. The first-order valence-corrected chi connectivity index (χ1v) is 5.31. The lowest BCUT2D eigenvalue weighted by Crippen LogP contribution is -2.43. The average Bonchev–Trinajstić information content (AvgIpc) is 1.87. The average molecular weight is 151 g/mol. The standard InChI is InChI=1S/C3H9O3Si2.H2/c1-4-8(7,5-2)6-3;/h1-3H3;1H. The van der Waals surface area contributed by atoms with Crippen molar-refractivity contribution < 1.29 is 14.7 Å². The highest BCUT2D eigenvalue weighted by Gasteiger charge is 2.28.